The molecule has 0 aliphatic heterocycles. The molecule has 2 aromatic rings. The van der Waals surface area contributed by atoms with Crippen LogP contribution >= 0.6 is 0 Å². The lowest BCUT2D eigenvalue weighted by molar-refractivity contribution is 0.403. The van der Waals surface area contributed by atoms with Crippen molar-refractivity contribution in [3.05, 3.63) is 29.6 Å². The van der Waals surface area contributed by atoms with E-state index in [9.17, 15) is 5.11 Å². The number of H-pyrrole nitrogens is 1. The van der Waals surface area contributed by atoms with E-state index in [2.05, 4.69) is 37.4 Å². The van der Waals surface area contributed by atoms with Crippen LogP contribution in [0.4, 0.5) is 5.95 Å². The molecule has 0 atom stereocenters. The quantitative estimate of drug-likeness (QED) is 0.392. The number of hydrogen-bond acceptors (Lipinski definition) is 7. The first-order valence-corrected chi connectivity index (χ1v) is 6.53. The fraction of sp³-hybridized carbons (Fsp3) is 0.286. The smallest absolute Gasteiger partial charge is 0.242 e. The highest BCUT2D eigenvalue weighted by molar-refractivity contribution is 5.78. The number of aromatic nitrogens is 3. The summed E-state index contributed by atoms with van der Waals surface area (Å²) >= 11 is 0. The lowest BCUT2D eigenvalue weighted by Crippen LogP contribution is -2.00. The first-order valence-electron chi connectivity index (χ1n) is 6.53. The molecule has 22 heavy (non-hydrogen) atoms. The van der Waals surface area contributed by atoms with Crippen LogP contribution < -0.4 is 5.32 Å². The molecule has 0 aliphatic carbocycles. The molecule has 0 aliphatic rings. The molecule has 1 aromatic heterocycles. The molecular formula is C14H20N6O2. The number of nitrogens with one attached hydrogen (secondary N) is 2. The summed E-state index contributed by atoms with van der Waals surface area (Å²) in [4.78, 5) is 4.08. The van der Waals surface area contributed by atoms with E-state index in [0.29, 0.717) is 12.5 Å². The van der Waals surface area contributed by atoms with Crippen LogP contribution in [0.2, 0.25) is 0 Å². The monoisotopic (exact) mass is 304 g/mol. The minimum Gasteiger partial charge on any atom is -0.504 e. The number of hydrogen-bond donors (Lipinski definition) is 4. The maximum atomic E-state index is 9.29. The van der Waals surface area contributed by atoms with E-state index >= 15 is 0 Å². The van der Waals surface area contributed by atoms with Crippen molar-refractivity contribution in [3.8, 4) is 11.5 Å². The largest absolute Gasteiger partial charge is 0.504 e. The van der Waals surface area contributed by atoms with Crippen molar-refractivity contribution < 1.29 is 10.2 Å². The summed E-state index contributed by atoms with van der Waals surface area (Å²) in [6.07, 6.45) is 0. The lowest BCUT2D eigenvalue weighted by Gasteiger charge is -2.03. The molecule has 0 radical (unpaired) electrons. The third kappa shape index (κ3) is 6.04. The number of aromatic hydroxyl groups is 2. The first kappa shape index (κ1) is 17.2. The molecule has 4 N–H and O–H groups in total. The molecule has 1 aromatic carbocycles. The van der Waals surface area contributed by atoms with Gasteiger partial charge in [0.2, 0.25) is 5.95 Å². The van der Waals surface area contributed by atoms with Gasteiger partial charge in [-0.2, -0.15) is 15.2 Å². The molecule has 8 nitrogen and oxygen atoms in total. The van der Waals surface area contributed by atoms with Gasteiger partial charge < -0.3 is 15.5 Å². The Morgan fingerprint density at radius 3 is 2.50 bits per heavy atom. The van der Waals surface area contributed by atoms with Gasteiger partial charge in [-0.15, -0.1) is 5.10 Å². The van der Waals surface area contributed by atoms with Gasteiger partial charge in [0.25, 0.3) is 0 Å². The van der Waals surface area contributed by atoms with Crippen molar-refractivity contribution in [3.63, 3.8) is 0 Å². The minimum absolute atomic E-state index is 0.127. The average Bonchev–Trinajstić information content (AvgIpc) is 2.86. The summed E-state index contributed by atoms with van der Waals surface area (Å²) < 4.78 is 0. The van der Waals surface area contributed by atoms with E-state index in [1.165, 1.54) is 12.1 Å². The molecule has 0 amide bonds. The van der Waals surface area contributed by atoms with Gasteiger partial charge in [-0.25, -0.2) is 0 Å². The van der Waals surface area contributed by atoms with Crippen LogP contribution in [0.25, 0.3) is 0 Å². The van der Waals surface area contributed by atoms with Crippen molar-refractivity contribution in [2.24, 2.45) is 10.2 Å². The molecule has 1 heterocycles. The number of phenolic OH excluding ortho intramolecular Hbond substituents is 2. The summed E-state index contributed by atoms with van der Waals surface area (Å²) in [6.45, 7) is 9.19. The Morgan fingerprint density at radius 2 is 2.05 bits per heavy atom. The Morgan fingerprint density at radius 1 is 1.32 bits per heavy atom. The van der Waals surface area contributed by atoms with Crippen molar-refractivity contribution in [2.45, 2.75) is 27.3 Å². The fourth-order valence-corrected chi connectivity index (χ4v) is 1.42. The SMILES string of the molecule is C=NN=C(C)C.Cc1nc(NCc2ccc(O)c(O)c2)n[nH]1. The Hall–Kier alpha value is -2.90. The number of rotatable bonds is 4. The van der Waals surface area contributed by atoms with E-state index in [4.69, 9.17) is 5.11 Å². The fourth-order valence-electron chi connectivity index (χ4n) is 1.42. The third-order valence-corrected chi connectivity index (χ3v) is 2.36. The van der Waals surface area contributed by atoms with Crippen LogP contribution in [0.5, 0.6) is 11.5 Å². The second-order valence-electron chi connectivity index (χ2n) is 4.61. The Bertz CT molecular complexity index is 647. The van der Waals surface area contributed by atoms with Crippen LogP contribution in [0, 0.1) is 6.92 Å². The lowest BCUT2D eigenvalue weighted by atomic mass is 10.2. The van der Waals surface area contributed by atoms with E-state index < -0.39 is 0 Å². The summed E-state index contributed by atoms with van der Waals surface area (Å²) in [5, 5.41) is 34.9. The average molecular weight is 304 g/mol. The molecule has 2 rings (SSSR count). The van der Waals surface area contributed by atoms with Crippen molar-refractivity contribution in [1.29, 1.82) is 0 Å². The second-order valence-corrected chi connectivity index (χ2v) is 4.61. The molecule has 0 fully saturated rings. The van der Waals surface area contributed by atoms with Gasteiger partial charge in [0.1, 0.15) is 5.82 Å². The molecule has 0 saturated heterocycles. The van der Waals surface area contributed by atoms with Gasteiger partial charge in [0.15, 0.2) is 11.5 Å². The van der Waals surface area contributed by atoms with Crippen LogP contribution in [0.1, 0.15) is 25.2 Å². The molecule has 8 heteroatoms. The maximum absolute atomic E-state index is 9.29. The second kappa shape index (κ2) is 8.40. The van der Waals surface area contributed by atoms with Crippen LogP contribution in [0.3, 0.4) is 0 Å². The summed E-state index contributed by atoms with van der Waals surface area (Å²) in [5.74, 6) is 0.976. The van der Waals surface area contributed by atoms with E-state index in [-0.39, 0.29) is 11.5 Å². The molecular weight excluding hydrogens is 284 g/mol. The number of phenols is 2. The van der Waals surface area contributed by atoms with Gasteiger partial charge >= 0.3 is 0 Å². The highest BCUT2D eigenvalue weighted by Crippen LogP contribution is 2.24. The van der Waals surface area contributed by atoms with Crippen molar-refractivity contribution >= 4 is 18.4 Å². The highest BCUT2D eigenvalue weighted by Gasteiger charge is 2.02. The molecule has 0 saturated carbocycles. The number of aromatic amines is 1. The van der Waals surface area contributed by atoms with Crippen LogP contribution in [-0.4, -0.2) is 37.8 Å². The Kier molecular flexibility index (Phi) is 6.55. The topological polar surface area (TPSA) is 119 Å². The Balaban J connectivity index is 0.000000346. The van der Waals surface area contributed by atoms with E-state index in [1.807, 2.05) is 20.8 Å². The Labute approximate surface area is 128 Å². The molecule has 0 spiro atoms. The summed E-state index contributed by atoms with van der Waals surface area (Å²) in [6, 6.07) is 4.64. The minimum atomic E-state index is -0.134. The van der Waals surface area contributed by atoms with Gasteiger partial charge in [0, 0.05) is 19.0 Å². The normalized spacial score (nSPS) is 9.41. The molecule has 0 bridgehead atoms. The van der Waals surface area contributed by atoms with E-state index in [1.54, 1.807) is 6.07 Å². The zero-order valence-corrected chi connectivity index (χ0v) is 12.8. The van der Waals surface area contributed by atoms with Crippen molar-refractivity contribution in [2.75, 3.05) is 5.32 Å². The molecule has 0 unspecified atom stereocenters. The van der Waals surface area contributed by atoms with Gasteiger partial charge in [-0.3, -0.25) is 5.10 Å². The predicted octanol–water partition coefficient (Wildman–Crippen LogP) is 2.22. The highest BCUT2D eigenvalue weighted by atomic mass is 16.3. The van der Waals surface area contributed by atoms with Gasteiger partial charge in [-0.05, 0) is 38.5 Å². The zero-order chi connectivity index (χ0) is 16.5. The summed E-state index contributed by atoms with van der Waals surface area (Å²) in [5.41, 5.74) is 1.77. The van der Waals surface area contributed by atoms with Crippen LogP contribution in [0.15, 0.2) is 28.4 Å². The predicted molar refractivity (Wildman–Crippen MR) is 86.6 cm³/mol. The van der Waals surface area contributed by atoms with Crippen molar-refractivity contribution in [1.82, 2.24) is 15.2 Å². The number of benzene rings is 1. The number of nitrogens with zero attached hydrogens (tertiary/aromatic N) is 4. The number of anilines is 1. The third-order valence-electron chi connectivity index (χ3n) is 2.36. The number of aryl methyl sites for hydroxylation is 1. The maximum Gasteiger partial charge on any atom is 0.242 e. The molecule has 118 valence electrons. The summed E-state index contributed by atoms with van der Waals surface area (Å²) in [7, 11) is 0. The zero-order valence-electron chi connectivity index (χ0n) is 12.8. The van der Waals surface area contributed by atoms with E-state index in [0.717, 1.165) is 17.1 Å². The first-order chi connectivity index (χ1) is 10.4. The van der Waals surface area contributed by atoms with Crippen LogP contribution in [-0.2, 0) is 6.54 Å². The van der Waals surface area contributed by atoms with Gasteiger partial charge in [0.05, 0.1) is 0 Å². The van der Waals surface area contributed by atoms with Gasteiger partial charge in [-0.1, -0.05) is 6.07 Å². The standard InChI is InChI=1S/C10H12N4O2.C4H8N2/c1-6-12-10(14-13-6)11-5-7-2-3-8(15)9(16)4-7;1-4(2)6-5-3/h2-4,15-16H,5H2,1H3,(H2,11,12,13,14);3H2,1-2H3.